The predicted molar refractivity (Wildman–Crippen MR) is 85.5 cm³/mol. The van der Waals surface area contributed by atoms with Gasteiger partial charge in [0.15, 0.2) is 0 Å². The second kappa shape index (κ2) is 5.41. The fourth-order valence-electron chi connectivity index (χ4n) is 5.09. The van der Waals surface area contributed by atoms with Gasteiger partial charge >= 0.3 is 0 Å². The van der Waals surface area contributed by atoms with Crippen LogP contribution in [-0.4, -0.2) is 54.1 Å². The summed E-state index contributed by atoms with van der Waals surface area (Å²) in [4.78, 5) is 52.2. The highest BCUT2D eigenvalue weighted by Gasteiger charge is 2.57. The highest BCUT2D eigenvalue weighted by Crippen LogP contribution is 2.53. The molecule has 134 valence electrons. The third-order valence-corrected chi connectivity index (χ3v) is 6.34. The summed E-state index contributed by atoms with van der Waals surface area (Å²) in [7, 11) is 3.04. The molecule has 0 bridgehead atoms. The molecule has 1 saturated carbocycles. The van der Waals surface area contributed by atoms with E-state index in [2.05, 4.69) is 0 Å². The largest absolute Gasteiger partial charge is 0.497 e. The molecular weight excluding hydrogens is 324 g/mol. The highest BCUT2D eigenvalue weighted by atomic mass is 16.5. The summed E-state index contributed by atoms with van der Waals surface area (Å²) in [6.07, 6.45) is 1.56. The number of allylic oxidation sites excluding steroid dienone is 1. The molecule has 0 unspecified atom stereocenters. The first-order valence-electron chi connectivity index (χ1n) is 8.85. The fraction of sp³-hybridized carbons (Fsp3) is 0.667. The van der Waals surface area contributed by atoms with Gasteiger partial charge in [0.2, 0.25) is 23.6 Å². The maximum atomic E-state index is 12.6. The van der Waals surface area contributed by atoms with Crippen LogP contribution in [0.4, 0.5) is 0 Å². The van der Waals surface area contributed by atoms with Crippen LogP contribution in [0.25, 0.3) is 0 Å². The Hall–Kier alpha value is -2.18. The smallest absolute Gasteiger partial charge is 0.240 e. The van der Waals surface area contributed by atoms with Crippen molar-refractivity contribution < 1.29 is 23.9 Å². The minimum atomic E-state index is -0.565. The Labute approximate surface area is 146 Å². The zero-order valence-corrected chi connectivity index (χ0v) is 14.7. The van der Waals surface area contributed by atoms with Gasteiger partial charge in [-0.3, -0.25) is 29.0 Å². The number of carbonyl (C=O) groups excluding carboxylic acids is 4. The lowest BCUT2D eigenvalue weighted by Crippen LogP contribution is -2.38. The third kappa shape index (κ3) is 2.04. The number of likely N-dealkylation sites (tertiary alicyclic amines) is 2. The fourth-order valence-corrected chi connectivity index (χ4v) is 5.09. The van der Waals surface area contributed by atoms with Gasteiger partial charge in [-0.25, -0.2) is 0 Å². The van der Waals surface area contributed by atoms with E-state index < -0.39 is 11.8 Å². The van der Waals surface area contributed by atoms with Crippen LogP contribution in [0.5, 0.6) is 0 Å². The molecule has 4 amide bonds. The van der Waals surface area contributed by atoms with Crippen molar-refractivity contribution in [1.29, 1.82) is 0 Å². The Morgan fingerprint density at radius 2 is 1.44 bits per heavy atom. The number of hydrogen-bond donors (Lipinski definition) is 0. The molecule has 0 aromatic carbocycles. The summed E-state index contributed by atoms with van der Waals surface area (Å²) in [5.41, 5.74) is 0.970. The van der Waals surface area contributed by atoms with E-state index in [-0.39, 0.29) is 41.4 Å². The summed E-state index contributed by atoms with van der Waals surface area (Å²) in [6.45, 7) is 2.25. The second-order valence-corrected chi connectivity index (χ2v) is 7.46. The van der Waals surface area contributed by atoms with Crippen LogP contribution in [-0.2, 0) is 23.9 Å². The van der Waals surface area contributed by atoms with Crippen LogP contribution < -0.4 is 0 Å². The van der Waals surface area contributed by atoms with Crippen molar-refractivity contribution in [2.75, 3.05) is 20.7 Å². The Morgan fingerprint density at radius 3 is 2.12 bits per heavy atom. The monoisotopic (exact) mass is 346 g/mol. The summed E-state index contributed by atoms with van der Waals surface area (Å²) >= 11 is 0. The molecule has 0 radical (unpaired) electrons. The van der Waals surface area contributed by atoms with Gasteiger partial charge in [-0.05, 0) is 37.7 Å². The number of amides is 4. The molecule has 25 heavy (non-hydrogen) atoms. The number of hydrogen-bond acceptors (Lipinski definition) is 5. The van der Waals surface area contributed by atoms with Gasteiger partial charge < -0.3 is 4.74 Å². The molecule has 0 aromatic rings. The van der Waals surface area contributed by atoms with E-state index in [4.69, 9.17) is 4.74 Å². The molecule has 5 atom stereocenters. The molecule has 0 spiro atoms. The van der Waals surface area contributed by atoms with E-state index in [0.29, 0.717) is 31.6 Å². The predicted octanol–water partition coefficient (Wildman–Crippen LogP) is 0.553. The normalized spacial score (nSPS) is 37.5. The van der Waals surface area contributed by atoms with E-state index in [1.807, 2.05) is 6.92 Å². The lowest BCUT2D eigenvalue weighted by Gasteiger charge is -2.39. The maximum absolute atomic E-state index is 12.6. The van der Waals surface area contributed by atoms with Crippen LogP contribution >= 0.6 is 0 Å². The maximum Gasteiger partial charge on any atom is 0.240 e. The minimum absolute atomic E-state index is 0.0237. The molecule has 2 saturated heterocycles. The Bertz CT molecular complexity index is 727. The zero-order valence-electron chi connectivity index (χ0n) is 14.7. The minimum Gasteiger partial charge on any atom is -0.497 e. The van der Waals surface area contributed by atoms with E-state index in [1.54, 1.807) is 0 Å². The molecule has 0 aromatic heterocycles. The van der Waals surface area contributed by atoms with Crippen molar-refractivity contribution in [3.05, 3.63) is 11.3 Å². The summed E-state index contributed by atoms with van der Waals surface area (Å²) in [5.74, 6) is -1.70. The van der Waals surface area contributed by atoms with Crippen LogP contribution in [0.15, 0.2) is 11.3 Å². The van der Waals surface area contributed by atoms with Crippen molar-refractivity contribution >= 4 is 23.6 Å². The van der Waals surface area contributed by atoms with Crippen molar-refractivity contribution in [3.63, 3.8) is 0 Å². The third-order valence-electron chi connectivity index (χ3n) is 6.34. The standard InChI is InChI=1S/C18H22N2O5/c1-4-25-14-9-7-11-10(15(21)19(2)16(11)22)5-8(9)6-12-13(14)18(24)20(3)17(12)23/h8,10-13H,4-7H2,1-3H3/t8-,10+,11-,12+,13+/m0/s1. The summed E-state index contributed by atoms with van der Waals surface area (Å²) in [5, 5.41) is 0. The first-order valence-corrected chi connectivity index (χ1v) is 8.85. The van der Waals surface area contributed by atoms with Gasteiger partial charge in [0.25, 0.3) is 0 Å². The van der Waals surface area contributed by atoms with Gasteiger partial charge in [-0.15, -0.1) is 0 Å². The zero-order chi connectivity index (χ0) is 18.0. The highest BCUT2D eigenvalue weighted by molar-refractivity contribution is 6.07. The number of nitrogens with zero attached hydrogens (tertiary/aromatic N) is 2. The van der Waals surface area contributed by atoms with Gasteiger partial charge in [-0.2, -0.15) is 0 Å². The van der Waals surface area contributed by atoms with Crippen molar-refractivity contribution in [1.82, 2.24) is 9.80 Å². The molecule has 4 rings (SSSR count). The quantitative estimate of drug-likeness (QED) is 0.682. The lowest BCUT2D eigenvalue weighted by atomic mass is 9.64. The Kier molecular flexibility index (Phi) is 3.53. The number of carbonyl (C=O) groups is 4. The van der Waals surface area contributed by atoms with E-state index >= 15 is 0 Å². The molecule has 7 nitrogen and oxygen atoms in total. The van der Waals surface area contributed by atoms with E-state index in [9.17, 15) is 19.2 Å². The second-order valence-electron chi connectivity index (χ2n) is 7.46. The average Bonchev–Trinajstić information content (AvgIpc) is 2.94. The van der Waals surface area contributed by atoms with E-state index in [1.165, 1.54) is 23.9 Å². The summed E-state index contributed by atoms with van der Waals surface area (Å²) in [6, 6.07) is 0. The number of fused-ring (bicyclic) bond motifs is 3. The SMILES string of the molecule is CCOC1=C2C[C@@H]3C(=O)N(C)C(=O)[C@@H]3C[C@H]2C[C@H]2C(=O)N(C)C(=O)[C@@H]12. The summed E-state index contributed by atoms with van der Waals surface area (Å²) < 4.78 is 5.84. The Balaban J connectivity index is 1.77. The number of ether oxygens (including phenoxy) is 1. The van der Waals surface area contributed by atoms with Crippen LogP contribution in [0.2, 0.25) is 0 Å². The molecule has 2 aliphatic carbocycles. The lowest BCUT2D eigenvalue weighted by molar-refractivity contribution is -0.139. The Morgan fingerprint density at radius 1 is 0.880 bits per heavy atom. The van der Waals surface area contributed by atoms with Gasteiger partial charge in [0, 0.05) is 14.1 Å². The number of imide groups is 2. The topological polar surface area (TPSA) is 84.0 Å². The van der Waals surface area contributed by atoms with Crippen LogP contribution in [0.1, 0.15) is 26.2 Å². The van der Waals surface area contributed by atoms with Crippen molar-refractivity contribution in [2.24, 2.45) is 29.6 Å². The molecule has 4 aliphatic rings. The van der Waals surface area contributed by atoms with Gasteiger partial charge in [0.1, 0.15) is 11.7 Å². The van der Waals surface area contributed by atoms with Crippen LogP contribution in [0, 0.1) is 29.6 Å². The first kappa shape index (κ1) is 16.3. The first-order chi connectivity index (χ1) is 11.9. The van der Waals surface area contributed by atoms with Crippen molar-refractivity contribution in [3.8, 4) is 0 Å². The molecule has 0 N–H and O–H groups in total. The molecule has 2 aliphatic heterocycles. The molecule has 7 heteroatoms. The van der Waals surface area contributed by atoms with Crippen molar-refractivity contribution in [2.45, 2.75) is 26.2 Å². The molecule has 2 heterocycles. The molecule has 3 fully saturated rings. The van der Waals surface area contributed by atoms with Gasteiger partial charge in [0.05, 0.1) is 24.4 Å². The van der Waals surface area contributed by atoms with E-state index in [0.717, 1.165) is 5.57 Å². The average molecular weight is 346 g/mol. The molecular formula is C18H22N2O5. The number of rotatable bonds is 2. The van der Waals surface area contributed by atoms with Crippen LogP contribution in [0.3, 0.4) is 0 Å². The van der Waals surface area contributed by atoms with Gasteiger partial charge in [-0.1, -0.05) is 0 Å².